The molecular formula is C10H16N2O5. The third-order valence-electron chi connectivity index (χ3n) is 2.01. The van der Waals surface area contributed by atoms with Crippen LogP contribution in [0.25, 0.3) is 0 Å². The zero-order valence-electron chi connectivity index (χ0n) is 10.1. The van der Waals surface area contributed by atoms with Crippen molar-refractivity contribution in [3.8, 4) is 0 Å². The van der Waals surface area contributed by atoms with E-state index >= 15 is 0 Å². The molecule has 1 unspecified atom stereocenters. The number of aliphatic carboxylic acids is 1. The summed E-state index contributed by atoms with van der Waals surface area (Å²) in [7, 11) is 0. The van der Waals surface area contributed by atoms with Crippen LogP contribution in [-0.2, 0) is 9.53 Å². The second-order valence-electron chi connectivity index (χ2n) is 4.94. The van der Waals surface area contributed by atoms with Gasteiger partial charge < -0.3 is 14.9 Å². The second-order valence-corrected chi connectivity index (χ2v) is 4.94. The summed E-state index contributed by atoms with van der Waals surface area (Å²) >= 11 is 0. The van der Waals surface area contributed by atoms with Crippen molar-refractivity contribution in [3.63, 3.8) is 0 Å². The van der Waals surface area contributed by atoms with E-state index in [1.807, 2.05) is 0 Å². The lowest BCUT2D eigenvalue weighted by molar-refractivity contribution is -0.142. The predicted molar refractivity (Wildman–Crippen MR) is 58.0 cm³/mol. The largest absolute Gasteiger partial charge is 0.494 e. The topological polar surface area (TPSA) is 99.1 Å². The van der Waals surface area contributed by atoms with Gasteiger partial charge in [-0.05, 0) is 27.7 Å². The summed E-state index contributed by atoms with van der Waals surface area (Å²) in [5.74, 6) is -1.71. The van der Waals surface area contributed by atoms with Gasteiger partial charge in [-0.3, -0.25) is 0 Å². The van der Waals surface area contributed by atoms with Crippen LogP contribution in [0, 0.1) is 0 Å². The number of carbonyl (C=O) groups is 2. The number of nitrogens with zero attached hydrogens (tertiary/aromatic N) is 1. The minimum Gasteiger partial charge on any atom is -0.494 e. The number of carboxylic acid groups (broad SMARTS) is 1. The van der Waals surface area contributed by atoms with E-state index in [0.717, 1.165) is 6.08 Å². The highest BCUT2D eigenvalue weighted by Gasteiger charge is 2.43. The van der Waals surface area contributed by atoms with Crippen LogP contribution in [0.5, 0.6) is 0 Å². The van der Waals surface area contributed by atoms with Crippen molar-refractivity contribution in [1.29, 1.82) is 0 Å². The molecule has 3 N–H and O–H groups in total. The van der Waals surface area contributed by atoms with E-state index < -0.39 is 29.1 Å². The van der Waals surface area contributed by atoms with Crippen LogP contribution < -0.4 is 5.43 Å². The molecular weight excluding hydrogens is 228 g/mol. The molecule has 0 bridgehead atoms. The van der Waals surface area contributed by atoms with Crippen LogP contribution in [0.3, 0.4) is 0 Å². The first-order valence-corrected chi connectivity index (χ1v) is 5.01. The highest BCUT2D eigenvalue weighted by molar-refractivity contribution is 5.83. The Balaban J connectivity index is 2.82. The molecule has 0 aliphatic carbocycles. The van der Waals surface area contributed by atoms with Crippen molar-refractivity contribution in [1.82, 2.24) is 10.4 Å². The summed E-state index contributed by atoms with van der Waals surface area (Å²) in [6.07, 6.45) is 0.162. The SMILES string of the molecule is CC(C)(C)OC(=O)N1NC(C)(C(=O)O)C=C1O. The van der Waals surface area contributed by atoms with E-state index in [9.17, 15) is 14.7 Å². The Morgan fingerprint density at radius 3 is 2.35 bits per heavy atom. The molecule has 7 nitrogen and oxygen atoms in total. The van der Waals surface area contributed by atoms with Gasteiger partial charge in [0.05, 0.1) is 0 Å². The number of hydrogen-bond acceptors (Lipinski definition) is 5. The molecule has 1 rings (SSSR count). The lowest BCUT2D eigenvalue weighted by atomic mass is 10.1. The number of aliphatic hydroxyl groups excluding tert-OH is 1. The van der Waals surface area contributed by atoms with Crippen molar-refractivity contribution in [2.75, 3.05) is 0 Å². The molecule has 1 amide bonds. The predicted octanol–water partition coefficient (Wildman–Crippen LogP) is 0.984. The van der Waals surface area contributed by atoms with Gasteiger partial charge >= 0.3 is 12.1 Å². The van der Waals surface area contributed by atoms with Gasteiger partial charge in [0.25, 0.3) is 0 Å². The number of amides is 1. The van der Waals surface area contributed by atoms with E-state index in [-0.39, 0.29) is 0 Å². The Hall–Kier alpha value is -1.76. The molecule has 96 valence electrons. The van der Waals surface area contributed by atoms with Crippen LogP contribution in [0.2, 0.25) is 0 Å². The van der Waals surface area contributed by atoms with Crippen LogP contribution in [-0.4, -0.2) is 38.4 Å². The maximum absolute atomic E-state index is 11.6. The Morgan fingerprint density at radius 1 is 1.47 bits per heavy atom. The summed E-state index contributed by atoms with van der Waals surface area (Å²) in [5, 5.41) is 19.1. The molecule has 1 heterocycles. The van der Waals surface area contributed by atoms with Gasteiger partial charge in [-0.25, -0.2) is 15.0 Å². The number of hydrazine groups is 1. The molecule has 1 aliphatic heterocycles. The van der Waals surface area contributed by atoms with Gasteiger partial charge in [0.1, 0.15) is 5.60 Å². The molecule has 0 aromatic heterocycles. The maximum Gasteiger partial charge on any atom is 0.432 e. The molecule has 0 radical (unpaired) electrons. The smallest absolute Gasteiger partial charge is 0.432 e. The first-order valence-electron chi connectivity index (χ1n) is 5.01. The van der Waals surface area contributed by atoms with Gasteiger partial charge in [0.2, 0.25) is 5.88 Å². The quantitative estimate of drug-likeness (QED) is 0.636. The first kappa shape index (κ1) is 13.3. The standard InChI is InChI=1S/C10H16N2O5/c1-9(2,3)17-8(16)12-6(13)5-10(4,11-12)7(14)15/h5,11,13H,1-4H3,(H,14,15). The molecule has 7 heteroatoms. The van der Waals surface area contributed by atoms with Crippen molar-refractivity contribution < 1.29 is 24.5 Å². The minimum atomic E-state index is -1.53. The number of hydrogen-bond donors (Lipinski definition) is 3. The van der Waals surface area contributed by atoms with Crippen molar-refractivity contribution in [2.45, 2.75) is 38.8 Å². The van der Waals surface area contributed by atoms with Gasteiger partial charge in [-0.2, -0.15) is 5.01 Å². The molecule has 0 aromatic carbocycles. The number of rotatable bonds is 1. The van der Waals surface area contributed by atoms with E-state index in [0.29, 0.717) is 5.01 Å². The highest BCUT2D eigenvalue weighted by Crippen LogP contribution is 2.21. The zero-order chi connectivity index (χ0) is 13.4. The highest BCUT2D eigenvalue weighted by atomic mass is 16.6. The fourth-order valence-corrected chi connectivity index (χ4v) is 1.20. The first-order chi connectivity index (χ1) is 7.55. The normalized spacial score (nSPS) is 24.5. The minimum absolute atomic E-state index is 0.496. The van der Waals surface area contributed by atoms with Crippen molar-refractivity contribution in [2.24, 2.45) is 0 Å². The fraction of sp³-hybridized carbons (Fsp3) is 0.600. The van der Waals surface area contributed by atoms with Crippen molar-refractivity contribution >= 4 is 12.1 Å². The van der Waals surface area contributed by atoms with Crippen LogP contribution in [0.1, 0.15) is 27.7 Å². The molecule has 17 heavy (non-hydrogen) atoms. The third kappa shape index (κ3) is 2.88. The van der Waals surface area contributed by atoms with Crippen LogP contribution in [0.4, 0.5) is 4.79 Å². The second kappa shape index (κ2) is 3.92. The van der Waals surface area contributed by atoms with E-state index in [4.69, 9.17) is 9.84 Å². The van der Waals surface area contributed by atoms with Crippen LogP contribution in [0.15, 0.2) is 12.0 Å². The number of nitrogens with one attached hydrogen (secondary N) is 1. The summed E-state index contributed by atoms with van der Waals surface area (Å²) in [4.78, 5) is 22.6. The molecule has 0 saturated carbocycles. The van der Waals surface area contributed by atoms with E-state index in [1.54, 1.807) is 20.8 Å². The number of carboxylic acids is 1. The average molecular weight is 244 g/mol. The van der Waals surface area contributed by atoms with E-state index in [1.165, 1.54) is 6.92 Å². The summed E-state index contributed by atoms with van der Waals surface area (Å²) < 4.78 is 5.00. The third-order valence-corrected chi connectivity index (χ3v) is 2.01. The molecule has 0 aromatic rings. The lowest BCUT2D eigenvalue weighted by Gasteiger charge is -2.26. The molecule has 0 fully saturated rings. The summed E-state index contributed by atoms with van der Waals surface area (Å²) in [6, 6.07) is 0. The Bertz CT molecular complexity index is 385. The van der Waals surface area contributed by atoms with E-state index in [2.05, 4.69) is 5.43 Å². The molecule has 0 saturated heterocycles. The monoisotopic (exact) mass is 244 g/mol. The number of aliphatic hydroxyl groups is 1. The van der Waals surface area contributed by atoms with Gasteiger partial charge in [0, 0.05) is 6.08 Å². The average Bonchev–Trinajstić information content (AvgIpc) is 2.40. The Kier molecular flexibility index (Phi) is 3.07. The zero-order valence-corrected chi connectivity index (χ0v) is 10.1. The van der Waals surface area contributed by atoms with Gasteiger partial charge in [-0.15, -0.1) is 0 Å². The van der Waals surface area contributed by atoms with Gasteiger partial charge in [-0.1, -0.05) is 0 Å². The fourth-order valence-electron chi connectivity index (χ4n) is 1.20. The summed E-state index contributed by atoms with van der Waals surface area (Å²) in [5.41, 5.74) is 0.0939. The molecule has 0 spiro atoms. The van der Waals surface area contributed by atoms with Crippen LogP contribution >= 0.6 is 0 Å². The Labute approximate surface area is 98.6 Å². The molecule has 1 atom stereocenters. The summed E-state index contributed by atoms with van der Waals surface area (Å²) in [6.45, 7) is 6.31. The van der Waals surface area contributed by atoms with Crippen molar-refractivity contribution in [3.05, 3.63) is 12.0 Å². The maximum atomic E-state index is 11.6. The van der Waals surface area contributed by atoms with Gasteiger partial charge in [0.15, 0.2) is 5.54 Å². The lowest BCUT2D eigenvalue weighted by Crippen LogP contribution is -2.53. The molecule has 1 aliphatic rings. The number of ether oxygens (including phenoxy) is 1. The Morgan fingerprint density at radius 2 is 2.00 bits per heavy atom. The number of carbonyl (C=O) groups excluding carboxylic acids is 1.